The Labute approximate surface area is 80.1 Å². The van der Waals surface area contributed by atoms with Gasteiger partial charge in [-0.05, 0) is 18.4 Å². The van der Waals surface area contributed by atoms with Crippen LogP contribution in [0.5, 0.6) is 0 Å². The van der Waals surface area contributed by atoms with Crippen LogP contribution in [-0.4, -0.2) is 11.9 Å². The zero-order valence-electron chi connectivity index (χ0n) is 7.43. The lowest BCUT2D eigenvalue weighted by atomic mass is 10.1. The van der Waals surface area contributed by atoms with E-state index < -0.39 is 11.9 Å². The Morgan fingerprint density at radius 1 is 1.14 bits per heavy atom. The molecule has 4 heteroatoms. The van der Waals surface area contributed by atoms with Gasteiger partial charge in [-0.2, -0.15) is 13.2 Å². The first-order valence-electron chi connectivity index (χ1n) is 4.18. The average Bonchev–Trinajstić information content (AvgIpc) is 2.14. The van der Waals surface area contributed by atoms with E-state index in [2.05, 4.69) is 0 Å². The summed E-state index contributed by atoms with van der Waals surface area (Å²) >= 11 is 0. The molecule has 0 aromatic heterocycles. The molecule has 0 heterocycles. The lowest BCUT2D eigenvalue weighted by Gasteiger charge is -2.07. The lowest BCUT2D eigenvalue weighted by Crippen LogP contribution is -2.22. The van der Waals surface area contributed by atoms with Gasteiger partial charge in [-0.3, -0.25) is 0 Å². The second kappa shape index (κ2) is 4.26. The third-order valence-electron chi connectivity index (χ3n) is 1.85. The maximum absolute atomic E-state index is 11.9. The normalized spacial score (nSPS) is 11.4. The summed E-state index contributed by atoms with van der Waals surface area (Å²) in [4.78, 5) is 0. The third-order valence-corrected chi connectivity index (χ3v) is 1.85. The highest BCUT2D eigenvalue weighted by Gasteiger charge is 2.33. The Morgan fingerprint density at radius 2 is 1.71 bits per heavy atom. The number of halogens is 3. The number of nitrogens with one attached hydrogen (secondary N) is 1. The van der Waals surface area contributed by atoms with Gasteiger partial charge in [-0.25, -0.2) is 0 Å². The van der Waals surface area contributed by atoms with E-state index in [4.69, 9.17) is 5.41 Å². The highest BCUT2D eigenvalue weighted by molar-refractivity contribution is 5.86. The third kappa shape index (κ3) is 3.20. The number of aryl methyl sites for hydroxylation is 1. The first-order valence-corrected chi connectivity index (χ1v) is 4.18. The van der Waals surface area contributed by atoms with Crippen LogP contribution in [0.1, 0.15) is 12.0 Å². The number of alkyl halides is 3. The first-order chi connectivity index (χ1) is 6.50. The molecule has 0 aliphatic rings. The topological polar surface area (TPSA) is 23.9 Å². The van der Waals surface area contributed by atoms with Crippen LogP contribution < -0.4 is 0 Å². The Balaban J connectivity index is 2.46. The largest absolute Gasteiger partial charge is 0.428 e. The first kappa shape index (κ1) is 10.8. The summed E-state index contributed by atoms with van der Waals surface area (Å²) in [5, 5.41) is 6.76. The monoisotopic (exact) mass is 201 g/mol. The number of hydrogen-bond donors (Lipinski definition) is 1. The minimum absolute atomic E-state index is 0.256. The van der Waals surface area contributed by atoms with Gasteiger partial charge in [0, 0.05) is 0 Å². The number of hydrogen-bond acceptors (Lipinski definition) is 1. The van der Waals surface area contributed by atoms with E-state index >= 15 is 0 Å². The van der Waals surface area contributed by atoms with Crippen LogP contribution >= 0.6 is 0 Å². The molecular formula is C10H10F3N. The molecule has 0 spiro atoms. The fraction of sp³-hybridized carbons (Fsp3) is 0.300. The molecule has 0 unspecified atom stereocenters. The summed E-state index contributed by atoms with van der Waals surface area (Å²) in [7, 11) is 0. The van der Waals surface area contributed by atoms with E-state index in [9.17, 15) is 13.2 Å². The van der Waals surface area contributed by atoms with Crippen LogP contribution in [0.25, 0.3) is 0 Å². The van der Waals surface area contributed by atoms with Gasteiger partial charge in [-0.15, -0.1) is 0 Å². The SMILES string of the molecule is N=C(CCc1ccccc1)C(F)(F)F. The summed E-state index contributed by atoms with van der Waals surface area (Å²) in [6.07, 6.45) is -4.47. The van der Waals surface area contributed by atoms with Crippen LogP contribution in [0.4, 0.5) is 13.2 Å². The van der Waals surface area contributed by atoms with Gasteiger partial charge in [0.1, 0.15) is 5.71 Å². The van der Waals surface area contributed by atoms with Crippen LogP contribution in [0.2, 0.25) is 0 Å². The van der Waals surface area contributed by atoms with Crippen molar-refractivity contribution in [3.05, 3.63) is 35.9 Å². The summed E-state index contributed by atoms with van der Waals surface area (Å²) in [5.74, 6) is 0. The van der Waals surface area contributed by atoms with Crippen molar-refractivity contribution >= 4 is 5.71 Å². The smallest absolute Gasteiger partial charge is 0.301 e. The molecule has 0 aliphatic carbocycles. The van der Waals surface area contributed by atoms with Gasteiger partial charge >= 0.3 is 6.18 Å². The summed E-state index contributed by atoms with van der Waals surface area (Å²) in [5.41, 5.74) is -0.345. The van der Waals surface area contributed by atoms with E-state index in [1.165, 1.54) is 0 Å². The highest BCUT2D eigenvalue weighted by atomic mass is 19.4. The predicted molar refractivity (Wildman–Crippen MR) is 48.5 cm³/mol. The van der Waals surface area contributed by atoms with Crippen LogP contribution in [0.15, 0.2) is 30.3 Å². The van der Waals surface area contributed by atoms with E-state index in [1.807, 2.05) is 0 Å². The Kier molecular flexibility index (Phi) is 3.28. The van der Waals surface area contributed by atoms with E-state index in [0.29, 0.717) is 0 Å². The zero-order valence-corrected chi connectivity index (χ0v) is 7.43. The molecule has 1 aromatic carbocycles. The molecule has 76 valence electrons. The quantitative estimate of drug-likeness (QED) is 0.726. The minimum atomic E-state index is -4.48. The molecule has 0 saturated heterocycles. The van der Waals surface area contributed by atoms with E-state index in [-0.39, 0.29) is 12.8 Å². The van der Waals surface area contributed by atoms with E-state index in [0.717, 1.165) is 5.56 Å². The molecule has 1 nitrogen and oxygen atoms in total. The predicted octanol–water partition coefficient (Wildman–Crippen LogP) is 3.20. The molecule has 1 rings (SSSR count). The van der Waals surface area contributed by atoms with E-state index in [1.54, 1.807) is 30.3 Å². The maximum Gasteiger partial charge on any atom is 0.428 e. The number of rotatable bonds is 3. The Morgan fingerprint density at radius 3 is 2.21 bits per heavy atom. The molecule has 0 saturated carbocycles. The van der Waals surface area contributed by atoms with Crippen LogP contribution in [-0.2, 0) is 6.42 Å². The van der Waals surface area contributed by atoms with Gasteiger partial charge < -0.3 is 5.41 Å². The molecule has 0 aliphatic heterocycles. The number of benzene rings is 1. The van der Waals surface area contributed by atoms with Gasteiger partial charge in [-0.1, -0.05) is 30.3 Å². The standard InChI is InChI=1S/C10H10F3N/c11-10(12,13)9(14)7-6-8-4-2-1-3-5-8/h1-5,14H,6-7H2. The summed E-state index contributed by atoms with van der Waals surface area (Å²) in [6, 6.07) is 8.85. The molecule has 1 N–H and O–H groups in total. The van der Waals surface area contributed by atoms with Gasteiger partial charge in [0.2, 0.25) is 0 Å². The average molecular weight is 201 g/mol. The highest BCUT2D eigenvalue weighted by Crippen LogP contribution is 2.19. The Bertz CT molecular complexity index is 303. The van der Waals surface area contributed by atoms with Crippen molar-refractivity contribution in [3.63, 3.8) is 0 Å². The minimum Gasteiger partial charge on any atom is -0.301 e. The van der Waals surface area contributed by atoms with Gasteiger partial charge in [0.05, 0.1) is 0 Å². The van der Waals surface area contributed by atoms with Gasteiger partial charge in [0.15, 0.2) is 0 Å². The van der Waals surface area contributed by atoms with Crippen LogP contribution in [0, 0.1) is 5.41 Å². The zero-order chi connectivity index (χ0) is 10.6. The van der Waals surface area contributed by atoms with Crippen molar-refractivity contribution in [2.24, 2.45) is 0 Å². The Hall–Kier alpha value is -1.32. The maximum atomic E-state index is 11.9. The molecule has 0 bridgehead atoms. The van der Waals surface area contributed by atoms with Crippen molar-refractivity contribution in [2.45, 2.75) is 19.0 Å². The fourth-order valence-electron chi connectivity index (χ4n) is 1.06. The van der Waals surface area contributed by atoms with Crippen LogP contribution in [0.3, 0.4) is 0 Å². The summed E-state index contributed by atoms with van der Waals surface area (Å²) in [6.45, 7) is 0. The molecule has 1 aromatic rings. The van der Waals surface area contributed by atoms with Crippen molar-refractivity contribution in [1.29, 1.82) is 5.41 Å². The van der Waals surface area contributed by atoms with Crippen molar-refractivity contribution in [1.82, 2.24) is 0 Å². The van der Waals surface area contributed by atoms with Crippen molar-refractivity contribution < 1.29 is 13.2 Å². The molecule has 14 heavy (non-hydrogen) atoms. The second-order valence-corrected chi connectivity index (χ2v) is 2.96. The second-order valence-electron chi connectivity index (χ2n) is 2.96. The van der Waals surface area contributed by atoms with Crippen molar-refractivity contribution in [2.75, 3.05) is 0 Å². The lowest BCUT2D eigenvalue weighted by molar-refractivity contribution is -0.0612. The molecule has 0 atom stereocenters. The molecule has 0 amide bonds. The molecular weight excluding hydrogens is 191 g/mol. The fourth-order valence-corrected chi connectivity index (χ4v) is 1.06. The molecule has 0 radical (unpaired) electrons. The summed E-state index contributed by atoms with van der Waals surface area (Å²) < 4.78 is 35.8. The van der Waals surface area contributed by atoms with Crippen molar-refractivity contribution in [3.8, 4) is 0 Å². The molecule has 0 fully saturated rings. The van der Waals surface area contributed by atoms with Gasteiger partial charge in [0.25, 0.3) is 0 Å².